The lowest BCUT2D eigenvalue weighted by atomic mass is 10.1. The first-order valence-corrected chi connectivity index (χ1v) is 7.00. The number of hydrogen-bond acceptors (Lipinski definition) is 4. The van der Waals surface area contributed by atoms with Crippen molar-refractivity contribution in [2.24, 2.45) is 0 Å². The molecule has 1 aliphatic heterocycles. The lowest BCUT2D eigenvalue weighted by molar-refractivity contribution is -0.132. The number of carbonyl (C=O) groups is 2. The molecule has 6 heteroatoms. The molecule has 2 rings (SSSR count). The van der Waals surface area contributed by atoms with Crippen molar-refractivity contribution in [1.82, 2.24) is 10.6 Å². The van der Waals surface area contributed by atoms with Crippen LogP contribution in [0.15, 0.2) is 18.2 Å². The lowest BCUT2D eigenvalue weighted by Crippen LogP contribution is -2.57. The van der Waals surface area contributed by atoms with Crippen LogP contribution in [0.1, 0.15) is 19.4 Å². The first-order chi connectivity index (χ1) is 9.52. The van der Waals surface area contributed by atoms with E-state index in [-0.39, 0.29) is 18.4 Å². The number of halogens is 1. The molecule has 1 aromatic carbocycles. The van der Waals surface area contributed by atoms with Gasteiger partial charge >= 0.3 is 0 Å². The highest BCUT2D eigenvalue weighted by molar-refractivity contribution is 6.30. The van der Waals surface area contributed by atoms with Gasteiger partial charge in [-0.15, -0.1) is 0 Å². The van der Waals surface area contributed by atoms with Gasteiger partial charge in [0.2, 0.25) is 11.8 Å². The van der Waals surface area contributed by atoms with Gasteiger partial charge in [-0.1, -0.05) is 24.6 Å². The summed E-state index contributed by atoms with van der Waals surface area (Å²) in [5.74, 6) is -0.571. The van der Waals surface area contributed by atoms with E-state index in [0.717, 1.165) is 17.8 Å². The van der Waals surface area contributed by atoms with Crippen molar-refractivity contribution < 1.29 is 9.59 Å². The second-order valence-corrected chi connectivity index (χ2v) is 5.21. The number of anilines is 1. The average Bonchev–Trinajstić information content (AvgIpc) is 2.41. The molecule has 0 spiro atoms. The van der Waals surface area contributed by atoms with Crippen LogP contribution in [0.25, 0.3) is 0 Å². The third kappa shape index (κ3) is 3.11. The van der Waals surface area contributed by atoms with Gasteiger partial charge in [-0.2, -0.15) is 0 Å². The average molecular weight is 296 g/mol. The Morgan fingerprint density at radius 1 is 1.45 bits per heavy atom. The third-order valence-corrected chi connectivity index (χ3v) is 3.58. The second-order valence-electron chi connectivity index (χ2n) is 4.77. The standard InChI is InChI=1S/C14H18ClN3O2/c1-3-16-7-10-4-5-11(15)6-12(10)18-8-13(19)17-14(20)9(18)2/h4-6,9,16H,3,7-8H2,1-2H3,(H,17,19,20). The molecular weight excluding hydrogens is 278 g/mol. The van der Waals surface area contributed by atoms with E-state index in [1.165, 1.54) is 0 Å². The van der Waals surface area contributed by atoms with Crippen LogP contribution in [0, 0.1) is 0 Å². The van der Waals surface area contributed by atoms with Crippen LogP contribution in [0.4, 0.5) is 5.69 Å². The number of piperazine rings is 1. The minimum Gasteiger partial charge on any atom is -0.350 e. The minimum absolute atomic E-state index is 0.159. The Morgan fingerprint density at radius 3 is 2.90 bits per heavy atom. The number of nitrogens with one attached hydrogen (secondary N) is 2. The van der Waals surface area contributed by atoms with Crippen molar-refractivity contribution >= 4 is 29.1 Å². The summed E-state index contributed by atoms with van der Waals surface area (Å²) >= 11 is 6.06. The van der Waals surface area contributed by atoms with E-state index < -0.39 is 6.04 Å². The van der Waals surface area contributed by atoms with Gasteiger partial charge < -0.3 is 10.2 Å². The molecule has 0 aromatic heterocycles. The van der Waals surface area contributed by atoms with Crippen molar-refractivity contribution in [3.05, 3.63) is 28.8 Å². The van der Waals surface area contributed by atoms with Gasteiger partial charge in [0.25, 0.3) is 0 Å². The Hall–Kier alpha value is -1.59. The molecule has 1 heterocycles. The number of nitrogens with zero attached hydrogens (tertiary/aromatic N) is 1. The molecule has 0 radical (unpaired) electrons. The number of benzene rings is 1. The normalized spacial score (nSPS) is 19.1. The van der Waals surface area contributed by atoms with Gasteiger partial charge in [-0.3, -0.25) is 14.9 Å². The van der Waals surface area contributed by atoms with E-state index >= 15 is 0 Å². The number of hydrogen-bond donors (Lipinski definition) is 2. The Balaban J connectivity index is 2.36. The van der Waals surface area contributed by atoms with Crippen LogP contribution in [-0.4, -0.2) is 30.9 Å². The predicted molar refractivity (Wildman–Crippen MR) is 78.8 cm³/mol. The van der Waals surface area contributed by atoms with Gasteiger partial charge in [0, 0.05) is 17.3 Å². The fraction of sp³-hybridized carbons (Fsp3) is 0.429. The Morgan fingerprint density at radius 2 is 2.20 bits per heavy atom. The summed E-state index contributed by atoms with van der Waals surface area (Å²) in [4.78, 5) is 25.2. The molecule has 1 aliphatic rings. The molecule has 2 N–H and O–H groups in total. The maximum atomic E-state index is 11.8. The van der Waals surface area contributed by atoms with Gasteiger partial charge in [-0.25, -0.2) is 0 Å². The van der Waals surface area contributed by atoms with Gasteiger partial charge in [0.05, 0.1) is 6.54 Å². The summed E-state index contributed by atoms with van der Waals surface area (Å²) in [6, 6.07) is 5.14. The molecule has 1 atom stereocenters. The first-order valence-electron chi connectivity index (χ1n) is 6.62. The molecule has 1 fully saturated rings. The number of carbonyl (C=O) groups excluding carboxylic acids is 2. The third-order valence-electron chi connectivity index (χ3n) is 3.35. The topological polar surface area (TPSA) is 61.4 Å². The van der Waals surface area contributed by atoms with E-state index in [4.69, 9.17) is 11.6 Å². The summed E-state index contributed by atoms with van der Waals surface area (Å²) in [6.45, 7) is 5.47. The quantitative estimate of drug-likeness (QED) is 0.822. The summed E-state index contributed by atoms with van der Waals surface area (Å²) in [7, 11) is 0. The van der Waals surface area contributed by atoms with Crippen molar-refractivity contribution in [2.75, 3.05) is 18.0 Å². The minimum atomic E-state index is -0.397. The van der Waals surface area contributed by atoms with Crippen molar-refractivity contribution in [3.63, 3.8) is 0 Å². The molecule has 2 amide bonds. The fourth-order valence-corrected chi connectivity index (χ4v) is 2.39. The zero-order chi connectivity index (χ0) is 14.7. The molecule has 1 aromatic rings. The number of rotatable bonds is 4. The molecule has 0 saturated carbocycles. The van der Waals surface area contributed by atoms with Crippen molar-refractivity contribution in [2.45, 2.75) is 26.4 Å². The highest BCUT2D eigenvalue weighted by Gasteiger charge is 2.31. The molecule has 1 saturated heterocycles. The Bertz CT molecular complexity index is 533. The molecule has 0 bridgehead atoms. The zero-order valence-corrected chi connectivity index (χ0v) is 12.3. The number of amides is 2. The van der Waals surface area contributed by atoms with Crippen LogP contribution < -0.4 is 15.5 Å². The highest BCUT2D eigenvalue weighted by Crippen LogP contribution is 2.27. The van der Waals surface area contributed by atoms with Crippen molar-refractivity contribution in [3.8, 4) is 0 Å². The van der Waals surface area contributed by atoms with E-state index in [0.29, 0.717) is 11.6 Å². The molecule has 0 aliphatic carbocycles. The molecule has 1 unspecified atom stereocenters. The van der Waals surface area contributed by atoms with E-state index in [2.05, 4.69) is 10.6 Å². The summed E-state index contributed by atoms with van der Waals surface area (Å²) < 4.78 is 0. The zero-order valence-electron chi connectivity index (χ0n) is 11.6. The first kappa shape index (κ1) is 14.8. The van der Waals surface area contributed by atoms with E-state index in [1.807, 2.05) is 19.1 Å². The fourth-order valence-electron chi connectivity index (χ4n) is 2.22. The van der Waals surface area contributed by atoms with Crippen molar-refractivity contribution in [1.29, 1.82) is 0 Å². The predicted octanol–water partition coefficient (Wildman–Crippen LogP) is 1.30. The number of imide groups is 1. The van der Waals surface area contributed by atoms with E-state index in [9.17, 15) is 9.59 Å². The molecular formula is C14H18ClN3O2. The molecule has 20 heavy (non-hydrogen) atoms. The van der Waals surface area contributed by atoms with E-state index in [1.54, 1.807) is 17.9 Å². The largest absolute Gasteiger partial charge is 0.350 e. The SMILES string of the molecule is CCNCc1ccc(Cl)cc1N1CC(=O)NC(=O)C1C. The monoisotopic (exact) mass is 295 g/mol. The van der Waals surface area contributed by atoms with Gasteiger partial charge in [0.15, 0.2) is 0 Å². The molecule has 5 nitrogen and oxygen atoms in total. The summed E-state index contributed by atoms with van der Waals surface area (Å²) in [5, 5.41) is 6.17. The smallest absolute Gasteiger partial charge is 0.249 e. The van der Waals surface area contributed by atoms with Crippen LogP contribution in [0.5, 0.6) is 0 Å². The highest BCUT2D eigenvalue weighted by atomic mass is 35.5. The summed E-state index contributed by atoms with van der Waals surface area (Å²) in [5.41, 5.74) is 1.85. The van der Waals surface area contributed by atoms with Crippen LogP contribution in [0.3, 0.4) is 0 Å². The Kier molecular flexibility index (Phi) is 4.62. The van der Waals surface area contributed by atoms with Gasteiger partial charge in [0.1, 0.15) is 6.04 Å². The molecule has 108 valence electrons. The maximum Gasteiger partial charge on any atom is 0.249 e. The van der Waals surface area contributed by atoms with Crippen LogP contribution >= 0.6 is 11.6 Å². The maximum absolute atomic E-state index is 11.8. The Labute approximate surface area is 123 Å². The van der Waals surface area contributed by atoms with Gasteiger partial charge in [-0.05, 0) is 31.2 Å². The summed E-state index contributed by atoms with van der Waals surface area (Å²) in [6.07, 6.45) is 0. The lowest BCUT2D eigenvalue weighted by Gasteiger charge is -2.35. The van der Waals surface area contributed by atoms with Crippen LogP contribution in [0.2, 0.25) is 5.02 Å². The second kappa shape index (κ2) is 6.24. The van der Waals surface area contributed by atoms with Crippen LogP contribution in [-0.2, 0) is 16.1 Å².